The summed E-state index contributed by atoms with van der Waals surface area (Å²) in [5.74, 6) is -0.779. The predicted molar refractivity (Wildman–Crippen MR) is 67.6 cm³/mol. The normalized spacial score (nSPS) is 13.6. The maximum Gasteiger partial charge on any atom is 0.367 e. The molecular formula is C13H8ClNO3. The second kappa shape index (κ2) is 5.42. The van der Waals surface area contributed by atoms with Gasteiger partial charge in [-0.1, -0.05) is 28.9 Å². The van der Waals surface area contributed by atoms with Crippen LogP contribution in [-0.4, -0.2) is 17.5 Å². The number of rotatable bonds is 2. The van der Waals surface area contributed by atoms with E-state index in [-0.39, 0.29) is 11.3 Å². The molecule has 0 aliphatic heterocycles. The van der Waals surface area contributed by atoms with E-state index in [9.17, 15) is 9.59 Å². The third-order valence-corrected chi connectivity index (χ3v) is 2.49. The van der Waals surface area contributed by atoms with Crippen molar-refractivity contribution in [3.8, 4) is 0 Å². The van der Waals surface area contributed by atoms with E-state index in [0.717, 1.165) is 0 Å². The van der Waals surface area contributed by atoms with Gasteiger partial charge in [0.2, 0.25) is 0 Å². The number of carbonyl (C=O) groups excluding carboxylic acids is 2. The van der Waals surface area contributed by atoms with Crippen LogP contribution in [0.3, 0.4) is 0 Å². The molecular weight excluding hydrogens is 254 g/mol. The molecule has 0 saturated heterocycles. The summed E-state index contributed by atoms with van der Waals surface area (Å²) >= 11 is 5.84. The average molecular weight is 262 g/mol. The summed E-state index contributed by atoms with van der Waals surface area (Å²) in [6.45, 7) is 0. The minimum Gasteiger partial charge on any atom is -0.312 e. The lowest BCUT2D eigenvalue weighted by atomic mass is 10.2. The van der Waals surface area contributed by atoms with Crippen molar-refractivity contribution in [3.05, 3.63) is 59.2 Å². The first-order valence-corrected chi connectivity index (χ1v) is 5.48. The largest absolute Gasteiger partial charge is 0.367 e. The van der Waals surface area contributed by atoms with E-state index in [1.165, 1.54) is 24.3 Å². The monoisotopic (exact) mass is 261 g/mol. The zero-order valence-electron chi connectivity index (χ0n) is 9.17. The van der Waals surface area contributed by atoms with Gasteiger partial charge in [-0.05, 0) is 36.4 Å². The topological polar surface area (TPSA) is 55.7 Å². The van der Waals surface area contributed by atoms with Crippen LogP contribution >= 0.6 is 11.6 Å². The molecule has 4 nitrogen and oxygen atoms in total. The molecule has 1 aliphatic rings. The molecule has 0 heterocycles. The summed E-state index contributed by atoms with van der Waals surface area (Å²) in [5, 5.41) is 3.92. The Balaban J connectivity index is 2.08. The number of hydrogen-bond donors (Lipinski definition) is 0. The summed E-state index contributed by atoms with van der Waals surface area (Å²) in [4.78, 5) is 27.2. The molecule has 5 heteroatoms. The third-order valence-electron chi connectivity index (χ3n) is 2.16. The number of ketones is 1. The number of oxime groups is 1. The van der Waals surface area contributed by atoms with E-state index in [1.54, 1.807) is 24.3 Å². The Morgan fingerprint density at radius 2 is 1.78 bits per heavy atom. The van der Waals surface area contributed by atoms with Crippen LogP contribution in [0.1, 0.15) is 10.4 Å². The third kappa shape index (κ3) is 2.93. The van der Waals surface area contributed by atoms with Crippen molar-refractivity contribution in [3.63, 3.8) is 0 Å². The number of halogens is 1. The Kier molecular flexibility index (Phi) is 3.69. The van der Waals surface area contributed by atoms with Gasteiger partial charge in [-0.2, -0.15) is 0 Å². The summed E-state index contributed by atoms with van der Waals surface area (Å²) < 4.78 is 0. The van der Waals surface area contributed by atoms with Gasteiger partial charge < -0.3 is 4.84 Å². The molecule has 0 spiro atoms. The van der Waals surface area contributed by atoms with Crippen molar-refractivity contribution in [2.24, 2.45) is 5.16 Å². The van der Waals surface area contributed by atoms with E-state index < -0.39 is 5.97 Å². The lowest BCUT2D eigenvalue weighted by molar-refractivity contribution is -0.110. The summed E-state index contributed by atoms with van der Waals surface area (Å²) in [5.41, 5.74) is 0.623. The first kappa shape index (κ1) is 12.3. The number of carbonyl (C=O) groups is 2. The first-order chi connectivity index (χ1) is 8.66. The van der Waals surface area contributed by atoms with Gasteiger partial charge in [0.05, 0.1) is 10.6 Å². The Labute approximate surface area is 108 Å². The fraction of sp³-hybridized carbons (Fsp3) is 0. The molecule has 1 aromatic rings. The van der Waals surface area contributed by atoms with E-state index in [2.05, 4.69) is 5.16 Å². The fourth-order valence-corrected chi connectivity index (χ4v) is 1.49. The van der Waals surface area contributed by atoms with Gasteiger partial charge in [-0.3, -0.25) is 4.79 Å². The highest BCUT2D eigenvalue weighted by molar-refractivity contribution is 6.33. The van der Waals surface area contributed by atoms with Gasteiger partial charge in [0.1, 0.15) is 5.71 Å². The molecule has 0 aromatic heterocycles. The van der Waals surface area contributed by atoms with Gasteiger partial charge in [-0.25, -0.2) is 4.79 Å². The van der Waals surface area contributed by atoms with Gasteiger partial charge in [0, 0.05) is 0 Å². The number of hydrogen-bond acceptors (Lipinski definition) is 4. The zero-order chi connectivity index (χ0) is 13.0. The highest BCUT2D eigenvalue weighted by Crippen LogP contribution is 2.16. The molecule has 0 saturated carbocycles. The minimum atomic E-state index is -0.646. The average Bonchev–Trinajstić information content (AvgIpc) is 2.38. The van der Waals surface area contributed by atoms with E-state index in [1.807, 2.05) is 0 Å². The van der Waals surface area contributed by atoms with Crippen LogP contribution < -0.4 is 0 Å². The van der Waals surface area contributed by atoms with Crippen LogP contribution in [0.25, 0.3) is 0 Å². The molecule has 1 aromatic carbocycles. The van der Waals surface area contributed by atoms with Gasteiger partial charge in [0.15, 0.2) is 5.78 Å². The number of nitrogens with zero attached hydrogens (tertiary/aromatic N) is 1. The van der Waals surface area contributed by atoms with Crippen molar-refractivity contribution in [1.82, 2.24) is 0 Å². The van der Waals surface area contributed by atoms with Crippen molar-refractivity contribution in [1.29, 1.82) is 0 Å². The molecule has 18 heavy (non-hydrogen) atoms. The second-order valence-electron chi connectivity index (χ2n) is 3.44. The van der Waals surface area contributed by atoms with Crippen LogP contribution in [0.5, 0.6) is 0 Å². The Bertz CT molecular complexity index is 570. The minimum absolute atomic E-state index is 0.133. The fourth-order valence-electron chi connectivity index (χ4n) is 1.28. The molecule has 1 aliphatic carbocycles. The lowest BCUT2D eigenvalue weighted by Gasteiger charge is -2.01. The van der Waals surface area contributed by atoms with E-state index in [0.29, 0.717) is 10.7 Å². The summed E-state index contributed by atoms with van der Waals surface area (Å²) in [7, 11) is 0. The molecule has 90 valence electrons. The summed E-state index contributed by atoms with van der Waals surface area (Å²) in [6, 6.07) is 6.52. The quantitative estimate of drug-likeness (QED) is 0.467. The molecule has 0 amide bonds. The maximum absolute atomic E-state index is 11.6. The SMILES string of the molecule is O=C1C=CC(=NOC(=O)c2ccccc2Cl)C=C1. The molecule has 0 atom stereocenters. The van der Waals surface area contributed by atoms with Gasteiger partial charge >= 0.3 is 5.97 Å². The van der Waals surface area contributed by atoms with E-state index >= 15 is 0 Å². The predicted octanol–water partition coefficient (Wildman–Crippen LogP) is 2.55. The van der Waals surface area contributed by atoms with Crippen LogP contribution in [0.2, 0.25) is 5.02 Å². The van der Waals surface area contributed by atoms with Gasteiger partial charge in [0.25, 0.3) is 0 Å². The van der Waals surface area contributed by atoms with Crippen molar-refractivity contribution < 1.29 is 14.4 Å². The molecule has 0 unspecified atom stereocenters. The van der Waals surface area contributed by atoms with Crippen LogP contribution in [0, 0.1) is 0 Å². The van der Waals surface area contributed by atoms with Crippen LogP contribution in [0.15, 0.2) is 53.7 Å². The smallest absolute Gasteiger partial charge is 0.312 e. The Morgan fingerprint density at radius 1 is 1.11 bits per heavy atom. The lowest BCUT2D eigenvalue weighted by Crippen LogP contribution is -2.05. The maximum atomic E-state index is 11.6. The van der Waals surface area contributed by atoms with Crippen LogP contribution in [-0.2, 0) is 9.63 Å². The van der Waals surface area contributed by atoms with E-state index in [4.69, 9.17) is 16.4 Å². The van der Waals surface area contributed by atoms with Crippen molar-refractivity contribution in [2.75, 3.05) is 0 Å². The second-order valence-corrected chi connectivity index (χ2v) is 3.85. The molecule has 0 radical (unpaired) electrons. The molecule has 0 fully saturated rings. The highest BCUT2D eigenvalue weighted by atomic mass is 35.5. The van der Waals surface area contributed by atoms with Crippen molar-refractivity contribution >= 4 is 29.1 Å². The Hall–Kier alpha value is -2.20. The Morgan fingerprint density at radius 3 is 2.44 bits per heavy atom. The summed E-state index contributed by atoms with van der Waals surface area (Å²) in [6.07, 6.45) is 5.59. The standard InChI is InChI=1S/C13H8ClNO3/c14-12-4-2-1-3-11(12)13(17)18-15-9-5-7-10(16)8-6-9/h1-8H. The van der Waals surface area contributed by atoms with Crippen LogP contribution in [0.4, 0.5) is 0 Å². The molecule has 2 rings (SSSR count). The number of benzene rings is 1. The first-order valence-electron chi connectivity index (χ1n) is 5.11. The van der Waals surface area contributed by atoms with Gasteiger partial charge in [-0.15, -0.1) is 0 Å². The zero-order valence-corrected chi connectivity index (χ0v) is 9.92. The molecule has 0 N–H and O–H groups in total. The number of allylic oxidation sites excluding steroid dienone is 4. The molecule has 0 bridgehead atoms. The highest BCUT2D eigenvalue weighted by Gasteiger charge is 2.11. The van der Waals surface area contributed by atoms with Crippen molar-refractivity contribution in [2.45, 2.75) is 0 Å².